The summed E-state index contributed by atoms with van der Waals surface area (Å²) < 4.78 is 0. The van der Waals surface area contributed by atoms with E-state index in [1.54, 1.807) is 0 Å². The van der Waals surface area contributed by atoms with Crippen LogP contribution in [0.4, 0.5) is 11.4 Å². The molecule has 1 aliphatic heterocycles. The highest BCUT2D eigenvalue weighted by Gasteiger charge is 2.07. The molecule has 1 aliphatic rings. The predicted octanol–water partition coefficient (Wildman–Crippen LogP) is 2.34. The van der Waals surface area contributed by atoms with Crippen molar-refractivity contribution < 1.29 is 0 Å². The monoisotopic (exact) mass is 188 g/mol. The number of hydrogen-bond acceptors (Lipinski definition) is 2. The molecule has 14 heavy (non-hydrogen) atoms. The zero-order valence-corrected chi connectivity index (χ0v) is 8.53. The van der Waals surface area contributed by atoms with Crippen molar-refractivity contribution in [3.8, 4) is 0 Å². The standard InChI is InChI=1S/C12H16N2/c1-10-5-6-11(9-12(10)13)14-7-3-2-4-8-14/h2-3,5-6,9H,4,7-8,13H2,1H3. The highest BCUT2D eigenvalue weighted by molar-refractivity contribution is 5.60. The van der Waals surface area contributed by atoms with Gasteiger partial charge in [0.1, 0.15) is 0 Å². The van der Waals surface area contributed by atoms with E-state index in [4.69, 9.17) is 5.73 Å². The molecule has 0 radical (unpaired) electrons. The van der Waals surface area contributed by atoms with Crippen LogP contribution in [0.25, 0.3) is 0 Å². The minimum atomic E-state index is 0.886. The summed E-state index contributed by atoms with van der Waals surface area (Å²) in [6.07, 6.45) is 5.57. The molecule has 74 valence electrons. The van der Waals surface area contributed by atoms with Crippen LogP contribution in [0.2, 0.25) is 0 Å². The van der Waals surface area contributed by atoms with Gasteiger partial charge in [-0.05, 0) is 31.0 Å². The molecule has 1 heterocycles. The van der Waals surface area contributed by atoms with Crippen LogP contribution < -0.4 is 10.6 Å². The smallest absolute Gasteiger partial charge is 0.0389 e. The van der Waals surface area contributed by atoms with E-state index >= 15 is 0 Å². The molecule has 2 heteroatoms. The van der Waals surface area contributed by atoms with Crippen molar-refractivity contribution in [1.29, 1.82) is 0 Å². The molecule has 0 aromatic heterocycles. The molecule has 1 aromatic rings. The number of benzene rings is 1. The predicted molar refractivity (Wildman–Crippen MR) is 61.6 cm³/mol. The fourth-order valence-corrected chi connectivity index (χ4v) is 1.70. The van der Waals surface area contributed by atoms with E-state index < -0.39 is 0 Å². The first kappa shape index (κ1) is 9.13. The quantitative estimate of drug-likeness (QED) is 0.541. The minimum Gasteiger partial charge on any atom is -0.398 e. The molecular weight excluding hydrogens is 172 g/mol. The summed E-state index contributed by atoms with van der Waals surface area (Å²) in [5.41, 5.74) is 9.16. The number of aryl methyl sites for hydroxylation is 1. The summed E-state index contributed by atoms with van der Waals surface area (Å²) in [6, 6.07) is 6.29. The van der Waals surface area contributed by atoms with Crippen LogP contribution in [0.1, 0.15) is 12.0 Å². The Morgan fingerprint density at radius 2 is 2.14 bits per heavy atom. The van der Waals surface area contributed by atoms with Gasteiger partial charge in [0.05, 0.1) is 0 Å². The van der Waals surface area contributed by atoms with Crippen molar-refractivity contribution in [2.45, 2.75) is 13.3 Å². The van der Waals surface area contributed by atoms with Crippen molar-refractivity contribution in [3.63, 3.8) is 0 Å². The second-order valence-electron chi connectivity index (χ2n) is 3.75. The first-order chi connectivity index (χ1) is 6.77. The molecule has 0 bridgehead atoms. The van der Waals surface area contributed by atoms with Gasteiger partial charge in [-0.25, -0.2) is 0 Å². The molecule has 0 aliphatic carbocycles. The lowest BCUT2D eigenvalue weighted by molar-refractivity contribution is 0.821. The number of nitrogens with two attached hydrogens (primary N) is 1. The van der Waals surface area contributed by atoms with Crippen LogP contribution in [0.15, 0.2) is 30.4 Å². The van der Waals surface area contributed by atoms with Crippen LogP contribution in [0, 0.1) is 6.92 Å². The lowest BCUT2D eigenvalue weighted by atomic mass is 10.1. The van der Waals surface area contributed by atoms with Crippen LogP contribution in [-0.4, -0.2) is 13.1 Å². The van der Waals surface area contributed by atoms with Gasteiger partial charge in [-0.3, -0.25) is 0 Å². The fourth-order valence-electron chi connectivity index (χ4n) is 1.70. The van der Waals surface area contributed by atoms with Crippen molar-refractivity contribution in [2.75, 3.05) is 23.7 Å². The maximum atomic E-state index is 5.88. The molecule has 0 atom stereocenters. The van der Waals surface area contributed by atoms with Gasteiger partial charge in [0.2, 0.25) is 0 Å². The Morgan fingerprint density at radius 3 is 2.79 bits per heavy atom. The van der Waals surface area contributed by atoms with E-state index in [0.717, 1.165) is 30.8 Å². The SMILES string of the molecule is Cc1ccc(N2CC=CCC2)cc1N. The van der Waals surface area contributed by atoms with Gasteiger partial charge in [-0.15, -0.1) is 0 Å². The largest absolute Gasteiger partial charge is 0.398 e. The van der Waals surface area contributed by atoms with Gasteiger partial charge >= 0.3 is 0 Å². The van der Waals surface area contributed by atoms with E-state index in [0.29, 0.717) is 0 Å². The molecule has 0 unspecified atom stereocenters. The average molecular weight is 188 g/mol. The summed E-state index contributed by atoms with van der Waals surface area (Å²) in [5, 5.41) is 0. The van der Waals surface area contributed by atoms with Gasteiger partial charge in [0.25, 0.3) is 0 Å². The molecule has 0 fully saturated rings. The third kappa shape index (κ3) is 1.74. The number of nitrogens with zero attached hydrogens (tertiary/aromatic N) is 1. The molecule has 0 amide bonds. The summed E-state index contributed by atoms with van der Waals surface area (Å²) in [7, 11) is 0. The van der Waals surface area contributed by atoms with E-state index in [2.05, 4.69) is 35.3 Å². The number of nitrogen functional groups attached to an aromatic ring is 1. The average Bonchev–Trinajstić information content (AvgIpc) is 2.23. The fraction of sp³-hybridized carbons (Fsp3) is 0.333. The van der Waals surface area contributed by atoms with Crippen molar-refractivity contribution in [3.05, 3.63) is 35.9 Å². The van der Waals surface area contributed by atoms with Gasteiger partial charge in [-0.2, -0.15) is 0 Å². The number of anilines is 2. The van der Waals surface area contributed by atoms with E-state index in [9.17, 15) is 0 Å². The van der Waals surface area contributed by atoms with Gasteiger partial charge in [0, 0.05) is 24.5 Å². The molecule has 1 aromatic carbocycles. The van der Waals surface area contributed by atoms with Crippen LogP contribution in [0.3, 0.4) is 0 Å². The van der Waals surface area contributed by atoms with Crippen LogP contribution in [0.5, 0.6) is 0 Å². The third-order valence-corrected chi connectivity index (χ3v) is 2.69. The summed E-state index contributed by atoms with van der Waals surface area (Å²) in [4.78, 5) is 2.34. The maximum Gasteiger partial charge on any atom is 0.0389 e. The lowest BCUT2D eigenvalue weighted by Gasteiger charge is -2.26. The van der Waals surface area contributed by atoms with Crippen molar-refractivity contribution in [1.82, 2.24) is 0 Å². The number of hydrogen-bond donors (Lipinski definition) is 1. The van der Waals surface area contributed by atoms with E-state index in [-0.39, 0.29) is 0 Å². The van der Waals surface area contributed by atoms with E-state index in [1.165, 1.54) is 5.69 Å². The van der Waals surface area contributed by atoms with Crippen LogP contribution >= 0.6 is 0 Å². The molecule has 0 saturated heterocycles. The zero-order valence-electron chi connectivity index (χ0n) is 8.53. The molecule has 2 nitrogen and oxygen atoms in total. The second-order valence-corrected chi connectivity index (χ2v) is 3.75. The van der Waals surface area contributed by atoms with Crippen molar-refractivity contribution >= 4 is 11.4 Å². The Balaban J connectivity index is 2.23. The highest BCUT2D eigenvalue weighted by atomic mass is 15.1. The Kier molecular flexibility index (Phi) is 2.44. The highest BCUT2D eigenvalue weighted by Crippen LogP contribution is 2.22. The van der Waals surface area contributed by atoms with Gasteiger partial charge in [-0.1, -0.05) is 18.2 Å². The maximum absolute atomic E-state index is 5.88. The molecule has 2 N–H and O–H groups in total. The van der Waals surface area contributed by atoms with Gasteiger partial charge < -0.3 is 10.6 Å². The normalized spacial score (nSPS) is 15.9. The molecule has 0 spiro atoms. The van der Waals surface area contributed by atoms with Gasteiger partial charge in [0.15, 0.2) is 0 Å². The lowest BCUT2D eigenvalue weighted by Crippen LogP contribution is -2.26. The molecule has 0 saturated carbocycles. The zero-order chi connectivity index (χ0) is 9.97. The Hall–Kier alpha value is -1.44. The first-order valence-corrected chi connectivity index (χ1v) is 5.03. The van der Waals surface area contributed by atoms with Crippen LogP contribution in [-0.2, 0) is 0 Å². The summed E-state index contributed by atoms with van der Waals surface area (Å²) in [5.74, 6) is 0. The number of rotatable bonds is 1. The Bertz CT molecular complexity index is 355. The minimum absolute atomic E-state index is 0.886. The Labute approximate surface area is 85.0 Å². The summed E-state index contributed by atoms with van der Waals surface area (Å²) >= 11 is 0. The third-order valence-electron chi connectivity index (χ3n) is 2.69. The second kappa shape index (κ2) is 3.74. The molecular formula is C12H16N2. The van der Waals surface area contributed by atoms with E-state index in [1.807, 2.05) is 6.92 Å². The topological polar surface area (TPSA) is 29.3 Å². The van der Waals surface area contributed by atoms with Crippen molar-refractivity contribution in [2.24, 2.45) is 0 Å². The first-order valence-electron chi connectivity index (χ1n) is 5.03. The molecule has 2 rings (SSSR count). The Morgan fingerprint density at radius 1 is 1.29 bits per heavy atom. The summed E-state index contributed by atoms with van der Waals surface area (Å²) in [6.45, 7) is 4.14.